The minimum atomic E-state index is -3.86. The van der Waals surface area contributed by atoms with Gasteiger partial charge in [-0.1, -0.05) is 46.9 Å². The van der Waals surface area contributed by atoms with Gasteiger partial charge < -0.3 is 10.6 Å². The van der Waals surface area contributed by atoms with Gasteiger partial charge in [-0.15, -0.1) is 0 Å². The van der Waals surface area contributed by atoms with Gasteiger partial charge in [-0.2, -0.15) is 0 Å². The normalized spacial score (nSPS) is 13.8. The molecule has 0 radical (unpaired) electrons. The average molecular weight is 566 g/mol. The molecular formula is C23H15Cl3N4O5S. The van der Waals surface area contributed by atoms with Gasteiger partial charge in [-0.05, 0) is 54.6 Å². The van der Waals surface area contributed by atoms with E-state index < -0.39 is 27.7 Å². The maximum Gasteiger partial charge on any atom is 0.283 e. The second kappa shape index (κ2) is 9.92. The molecule has 3 aromatic carbocycles. The first kappa shape index (κ1) is 25.7. The molecule has 0 aromatic heterocycles. The molecule has 4 rings (SSSR count). The predicted octanol–water partition coefficient (Wildman–Crippen LogP) is 4.33. The van der Waals surface area contributed by atoms with Gasteiger partial charge in [0.1, 0.15) is 10.7 Å². The van der Waals surface area contributed by atoms with Crippen molar-refractivity contribution in [3.63, 3.8) is 0 Å². The first-order chi connectivity index (χ1) is 17.0. The van der Waals surface area contributed by atoms with Crippen LogP contribution in [0.15, 0.2) is 82.4 Å². The number of nitrogens with two attached hydrogens (primary N) is 1. The molecule has 36 heavy (non-hydrogen) atoms. The molecule has 0 spiro atoms. The number of imide groups is 1. The lowest BCUT2D eigenvalue weighted by molar-refractivity contribution is -0.120. The number of primary sulfonamides is 1. The Hall–Kier alpha value is -3.41. The molecule has 0 fully saturated rings. The third-order valence-electron chi connectivity index (χ3n) is 5.03. The van der Waals surface area contributed by atoms with Gasteiger partial charge in [0.05, 0.1) is 20.6 Å². The third kappa shape index (κ3) is 5.08. The smallest absolute Gasteiger partial charge is 0.283 e. The summed E-state index contributed by atoms with van der Waals surface area (Å²) in [6.07, 6.45) is 0. The van der Waals surface area contributed by atoms with Gasteiger partial charge in [0.2, 0.25) is 10.0 Å². The van der Waals surface area contributed by atoms with Crippen LogP contribution in [0.2, 0.25) is 10.0 Å². The van der Waals surface area contributed by atoms with Crippen LogP contribution < -0.4 is 20.7 Å². The van der Waals surface area contributed by atoms with Crippen molar-refractivity contribution in [1.29, 1.82) is 0 Å². The van der Waals surface area contributed by atoms with E-state index in [4.69, 9.17) is 39.9 Å². The van der Waals surface area contributed by atoms with Crippen molar-refractivity contribution in [2.24, 2.45) is 5.14 Å². The topological polar surface area (TPSA) is 139 Å². The zero-order valence-electron chi connectivity index (χ0n) is 18.0. The Morgan fingerprint density at radius 1 is 0.861 bits per heavy atom. The summed E-state index contributed by atoms with van der Waals surface area (Å²) in [7, 11) is -3.86. The summed E-state index contributed by atoms with van der Waals surface area (Å²) in [5, 5.41) is 10.3. The highest BCUT2D eigenvalue weighted by molar-refractivity contribution is 7.89. The number of hydrogen-bond acceptors (Lipinski definition) is 6. The molecule has 1 aliphatic rings. The molecule has 3 aromatic rings. The van der Waals surface area contributed by atoms with Crippen LogP contribution in [0.4, 0.5) is 17.1 Å². The van der Waals surface area contributed by atoms with Crippen LogP contribution in [0.25, 0.3) is 0 Å². The summed E-state index contributed by atoms with van der Waals surface area (Å²) < 4.78 is 22.8. The van der Waals surface area contributed by atoms with Crippen molar-refractivity contribution < 1.29 is 22.8 Å². The number of benzene rings is 3. The van der Waals surface area contributed by atoms with E-state index in [0.29, 0.717) is 11.4 Å². The molecule has 4 N–H and O–H groups in total. The molecule has 1 heterocycles. The average Bonchev–Trinajstić information content (AvgIpc) is 3.04. The molecule has 9 nitrogen and oxygen atoms in total. The minimum Gasteiger partial charge on any atom is -0.350 e. The van der Waals surface area contributed by atoms with Gasteiger partial charge >= 0.3 is 0 Å². The van der Waals surface area contributed by atoms with E-state index in [1.807, 2.05) is 0 Å². The van der Waals surface area contributed by atoms with Crippen LogP contribution in [-0.4, -0.2) is 26.1 Å². The first-order valence-electron chi connectivity index (χ1n) is 10.0. The number of carbonyl (C=O) groups is 3. The number of rotatable bonds is 6. The van der Waals surface area contributed by atoms with Gasteiger partial charge in [0, 0.05) is 16.9 Å². The fraction of sp³-hybridized carbons (Fsp3) is 0. The number of amides is 3. The van der Waals surface area contributed by atoms with Crippen LogP contribution in [0.1, 0.15) is 10.4 Å². The Morgan fingerprint density at radius 2 is 1.53 bits per heavy atom. The van der Waals surface area contributed by atoms with Crippen molar-refractivity contribution in [1.82, 2.24) is 0 Å². The fourth-order valence-electron chi connectivity index (χ4n) is 3.31. The fourth-order valence-corrected chi connectivity index (χ4v) is 4.42. The maximum atomic E-state index is 13.0. The Bertz CT molecular complexity index is 1560. The lowest BCUT2D eigenvalue weighted by Gasteiger charge is -2.17. The molecule has 1 aliphatic heterocycles. The van der Waals surface area contributed by atoms with Crippen molar-refractivity contribution >= 4 is 79.6 Å². The summed E-state index contributed by atoms with van der Waals surface area (Å²) in [5.41, 5.74) is 0.728. The molecule has 3 amide bonds. The lowest BCUT2D eigenvalue weighted by atomic mass is 10.1. The molecule has 0 saturated heterocycles. The van der Waals surface area contributed by atoms with Gasteiger partial charge in [-0.25, -0.2) is 18.5 Å². The summed E-state index contributed by atoms with van der Waals surface area (Å²) in [6.45, 7) is 0. The second-order valence-electron chi connectivity index (χ2n) is 7.44. The van der Waals surface area contributed by atoms with Crippen molar-refractivity contribution in [2.45, 2.75) is 4.90 Å². The zero-order chi connectivity index (χ0) is 26.2. The summed E-state index contributed by atoms with van der Waals surface area (Å²) in [4.78, 5) is 39.1. The number of nitrogens with zero attached hydrogens (tertiary/aromatic N) is 1. The van der Waals surface area contributed by atoms with Crippen LogP contribution in [0.3, 0.4) is 0 Å². The third-order valence-corrected chi connectivity index (χ3v) is 7.12. The van der Waals surface area contributed by atoms with E-state index in [1.54, 1.807) is 12.1 Å². The van der Waals surface area contributed by atoms with E-state index in [-0.39, 0.29) is 36.9 Å². The SMILES string of the molecule is NS(=O)(=O)c1ccc(NC(=O)c2cccc(NC3=C(Cl)C(=O)N(c4cccc(Cl)c4Cl)C3=O)c2)cc1. The molecule has 13 heteroatoms. The zero-order valence-corrected chi connectivity index (χ0v) is 21.0. The van der Waals surface area contributed by atoms with E-state index in [9.17, 15) is 22.8 Å². The highest BCUT2D eigenvalue weighted by Crippen LogP contribution is 2.37. The number of nitrogens with one attached hydrogen (secondary N) is 2. The Kier molecular flexibility index (Phi) is 7.07. The number of hydrogen-bond donors (Lipinski definition) is 3. The van der Waals surface area contributed by atoms with Gasteiger partial charge in [-0.3, -0.25) is 14.4 Å². The summed E-state index contributed by atoms with van der Waals surface area (Å²) in [5.74, 6) is -2.05. The number of halogens is 3. The highest BCUT2D eigenvalue weighted by Gasteiger charge is 2.40. The monoisotopic (exact) mass is 564 g/mol. The Labute approximate surface area is 220 Å². The largest absolute Gasteiger partial charge is 0.350 e. The number of carbonyl (C=O) groups excluding carboxylic acids is 3. The standard InChI is InChI=1S/C23H15Cl3N4O5S/c24-16-5-2-6-17(18(16)25)30-22(32)19(26)20(23(30)33)28-14-4-1-3-12(11-14)21(31)29-13-7-9-15(10-8-13)36(27,34)35/h1-11,28H,(H,29,31)(H2,27,34,35). The van der Waals surface area contributed by atoms with Gasteiger partial charge in [0.25, 0.3) is 17.7 Å². The van der Waals surface area contributed by atoms with E-state index in [0.717, 1.165) is 4.90 Å². The Morgan fingerprint density at radius 3 is 2.19 bits per heavy atom. The molecule has 184 valence electrons. The van der Waals surface area contributed by atoms with Crippen LogP contribution >= 0.6 is 34.8 Å². The molecule has 0 atom stereocenters. The van der Waals surface area contributed by atoms with Crippen molar-refractivity contribution in [2.75, 3.05) is 15.5 Å². The van der Waals surface area contributed by atoms with Crippen LogP contribution in [0, 0.1) is 0 Å². The molecule has 0 bridgehead atoms. The molecule has 0 unspecified atom stereocenters. The summed E-state index contributed by atoms with van der Waals surface area (Å²) >= 11 is 18.3. The second-order valence-corrected chi connectivity index (χ2v) is 10.2. The minimum absolute atomic E-state index is 0.0161. The van der Waals surface area contributed by atoms with Crippen LogP contribution in [-0.2, 0) is 19.6 Å². The van der Waals surface area contributed by atoms with Crippen LogP contribution in [0.5, 0.6) is 0 Å². The first-order valence-corrected chi connectivity index (χ1v) is 12.7. The van der Waals surface area contributed by atoms with E-state index in [1.165, 1.54) is 54.6 Å². The highest BCUT2D eigenvalue weighted by atomic mass is 35.5. The van der Waals surface area contributed by atoms with E-state index >= 15 is 0 Å². The molecule has 0 aliphatic carbocycles. The molecule has 0 saturated carbocycles. The maximum absolute atomic E-state index is 13.0. The van der Waals surface area contributed by atoms with Crippen molar-refractivity contribution in [3.05, 3.63) is 93.1 Å². The summed E-state index contributed by atoms with van der Waals surface area (Å²) in [6, 6.07) is 15.9. The predicted molar refractivity (Wildman–Crippen MR) is 138 cm³/mol. The number of anilines is 3. The lowest BCUT2D eigenvalue weighted by Crippen LogP contribution is -2.32. The van der Waals surface area contributed by atoms with E-state index in [2.05, 4.69) is 10.6 Å². The Balaban J connectivity index is 1.53. The molecular weight excluding hydrogens is 551 g/mol. The van der Waals surface area contributed by atoms with Crippen molar-refractivity contribution in [3.8, 4) is 0 Å². The number of sulfonamides is 1. The quantitative estimate of drug-likeness (QED) is 0.380. The van der Waals surface area contributed by atoms with Gasteiger partial charge in [0.15, 0.2) is 0 Å².